The molecule has 0 radical (unpaired) electrons. The number of furan rings is 1. The van der Waals surface area contributed by atoms with Gasteiger partial charge in [0.1, 0.15) is 11.2 Å². The molecule has 0 N–H and O–H groups in total. The molecular formula is C48H28N2OS. The van der Waals surface area contributed by atoms with E-state index in [1.54, 1.807) is 11.3 Å². The van der Waals surface area contributed by atoms with Crippen molar-refractivity contribution in [2.75, 3.05) is 0 Å². The summed E-state index contributed by atoms with van der Waals surface area (Å²) in [5, 5.41) is 8.02. The van der Waals surface area contributed by atoms with Crippen molar-refractivity contribution in [2.24, 2.45) is 0 Å². The fourth-order valence-electron chi connectivity index (χ4n) is 7.79. The van der Waals surface area contributed by atoms with Gasteiger partial charge in [-0.2, -0.15) is 0 Å². The second-order valence-electron chi connectivity index (χ2n) is 13.3. The predicted octanol–water partition coefficient (Wildman–Crippen LogP) is 13.7. The van der Waals surface area contributed by atoms with Gasteiger partial charge >= 0.3 is 0 Å². The number of benzene rings is 8. The van der Waals surface area contributed by atoms with E-state index in [0.717, 1.165) is 70.9 Å². The molecule has 3 nitrogen and oxygen atoms in total. The molecule has 8 aromatic carbocycles. The van der Waals surface area contributed by atoms with Crippen LogP contribution in [0.25, 0.3) is 109 Å². The van der Waals surface area contributed by atoms with Gasteiger partial charge in [0.15, 0.2) is 5.82 Å². The Morgan fingerprint density at radius 3 is 1.92 bits per heavy atom. The fraction of sp³-hybridized carbons (Fsp3) is 0. The highest BCUT2D eigenvalue weighted by Crippen LogP contribution is 2.45. The molecule has 0 aliphatic heterocycles. The molecule has 11 rings (SSSR count). The van der Waals surface area contributed by atoms with Crippen LogP contribution in [0.3, 0.4) is 0 Å². The lowest BCUT2D eigenvalue weighted by Gasteiger charge is -2.11. The first-order valence-electron chi connectivity index (χ1n) is 17.5. The molecule has 3 aromatic heterocycles. The third-order valence-electron chi connectivity index (χ3n) is 10.3. The van der Waals surface area contributed by atoms with Gasteiger partial charge in [-0.1, -0.05) is 140 Å². The Kier molecular flexibility index (Phi) is 6.42. The second-order valence-corrected chi connectivity index (χ2v) is 14.4. The van der Waals surface area contributed by atoms with Crippen molar-refractivity contribution in [1.29, 1.82) is 0 Å². The Balaban J connectivity index is 1.17. The maximum Gasteiger partial charge on any atom is 0.161 e. The molecule has 0 aliphatic rings. The molecular weight excluding hydrogens is 653 g/mol. The van der Waals surface area contributed by atoms with Gasteiger partial charge in [-0.05, 0) is 68.6 Å². The Bertz CT molecular complexity index is 3170. The van der Waals surface area contributed by atoms with Crippen LogP contribution in [0, 0.1) is 0 Å². The molecule has 242 valence electrons. The van der Waals surface area contributed by atoms with Gasteiger partial charge in [0, 0.05) is 37.5 Å². The first-order chi connectivity index (χ1) is 25.8. The number of aromatic nitrogens is 2. The normalized spacial score (nSPS) is 11.8. The highest BCUT2D eigenvalue weighted by atomic mass is 32.1. The van der Waals surface area contributed by atoms with Crippen molar-refractivity contribution in [3.05, 3.63) is 170 Å². The molecule has 0 saturated carbocycles. The van der Waals surface area contributed by atoms with E-state index in [1.807, 2.05) is 6.07 Å². The zero-order chi connectivity index (χ0) is 34.2. The van der Waals surface area contributed by atoms with Gasteiger partial charge in [-0.15, -0.1) is 11.3 Å². The number of fused-ring (bicyclic) bond motifs is 8. The lowest BCUT2D eigenvalue weighted by Crippen LogP contribution is -1.94. The van der Waals surface area contributed by atoms with Crippen LogP contribution in [-0.4, -0.2) is 9.97 Å². The van der Waals surface area contributed by atoms with Gasteiger partial charge in [-0.25, -0.2) is 9.97 Å². The van der Waals surface area contributed by atoms with Gasteiger partial charge in [0.2, 0.25) is 0 Å². The number of nitrogens with zero attached hydrogens (tertiary/aromatic N) is 2. The standard InChI is InChI=1S/C48H28N2OS/c1-2-12-32(13-3-1)44-47-45(38-18-8-9-20-42(38)52-47)50-48(49-44)39-26-25-37(46-43(39)40-27-33-14-4-5-15-34(33)28-41(40)51-46)31-23-21-30(22-24-31)36-19-10-16-29-11-6-7-17-35(29)36/h1-28H. The highest BCUT2D eigenvalue weighted by molar-refractivity contribution is 7.26. The minimum Gasteiger partial charge on any atom is -0.455 e. The van der Waals surface area contributed by atoms with E-state index in [2.05, 4.69) is 164 Å². The van der Waals surface area contributed by atoms with Crippen LogP contribution in [0.5, 0.6) is 0 Å². The van der Waals surface area contributed by atoms with Crippen molar-refractivity contribution < 1.29 is 4.42 Å². The van der Waals surface area contributed by atoms with Crippen LogP contribution in [0.1, 0.15) is 0 Å². The van der Waals surface area contributed by atoms with Crippen LogP contribution >= 0.6 is 11.3 Å². The molecule has 3 heterocycles. The zero-order valence-electron chi connectivity index (χ0n) is 27.9. The van der Waals surface area contributed by atoms with E-state index in [0.29, 0.717) is 5.82 Å². The summed E-state index contributed by atoms with van der Waals surface area (Å²) in [5.74, 6) is 0.689. The van der Waals surface area contributed by atoms with E-state index < -0.39 is 0 Å². The lowest BCUT2D eigenvalue weighted by atomic mass is 9.94. The quantitative estimate of drug-likeness (QED) is 0.186. The summed E-state index contributed by atoms with van der Waals surface area (Å²) in [6, 6.07) is 60.1. The van der Waals surface area contributed by atoms with E-state index in [4.69, 9.17) is 14.4 Å². The first-order valence-corrected chi connectivity index (χ1v) is 18.3. The van der Waals surface area contributed by atoms with E-state index in [-0.39, 0.29) is 0 Å². The molecule has 0 aliphatic carbocycles. The molecule has 0 spiro atoms. The van der Waals surface area contributed by atoms with Crippen molar-refractivity contribution >= 4 is 75.1 Å². The van der Waals surface area contributed by atoms with Gasteiger partial charge in [0.25, 0.3) is 0 Å². The fourth-order valence-corrected chi connectivity index (χ4v) is 8.94. The summed E-state index contributed by atoms with van der Waals surface area (Å²) in [4.78, 5) is 10.7. The Labute approximate surface area is 303 Å². The topological polar surface area (TPSA) is 38.9 Å². The Morgan fingerprint density at radius 1 is 0.442 bits per heavy atom. The number of thiophene rings is 1. The minimum absolute atomic E-state index is 0.689. The molecule has 0 bridgehead atoms. The van der Waals surface area contributed by atoms with Crippen LogP contribution in [0.4, 0.5) is 0 Å². The van der Waals surface area contributed by atoms with Gasteiger partial charge in [-0.3, -0.25) is 0 Å². The Hall–Kier alpha value is -6.62. The molecule has 11 aromatic rings. The lowest BCUT2D eigenvalue weighted by molar-refractivity contribution is 0.670. The molecule has 4 heteroatoms. The largest absolute Gasteiger partial charge is 0.455 e. The number of hydrogen-bond acceptors (Lipinski definition) is 4. The summed E-state index contributed by atoms with van der Waals surface area (Å²) in [6.07, 6.45) is 0. The van der Waals surface area contributed by atoms with Crippen LogP contribution in [0.15, 0.2) is 174 Å². The van der Waals surface area contributed by atoms with Gasteiger partial charge < -0.3 is 4.42 Å². The van der Waals surface area contributed by atoms with Crippen LogP contribution in [0.2, 0.25) is 0 Å². The summed E-state index contributed by atoms with van der Waals surface area (Å²) in [7, 11) is 0. The third-order valence-corrected chi connectivity index (χ3v) is 11.5. The van der Waals surface area contributed by atoms with Gasteiger partial charge in [0.05, 0.1) is 15.9 Å². The molecule has 52 heavy (non-hydrogen) atoms. The zero-order valence-corrected chi connectivity index (χ0v) is 28.7. The van der Waals surface area contributed by atoms with Crippen molar-refractivity contribution in [1.82, 2.24) is 9.97 Å². The van der Waals surface area contributed by atoms with Crippen molar-refractivity contribution in [3.63, 3.8) is 0 Å². The minimum atomic E-state index is 0.689. The maximum atomic E-state index is 6.88. The first kappa shape index (κ1) is 29.1. The SMILES string of the molecule is c1ccc(-c2nc(-c3ccc(-c4ccc(-c5cccc6ccccc56)cc4)c4oc5cc6ccccc6cc5c34)nc3c2sc2ccccc23)cc1. The smallest absolute Gasteiger partial charge is 0.161 e. The van der Waals surface area contributed by atoms with E-state index in [9.17, 15) is 0 Å². The Morgan fingerprint density at radius 2 is 1.10 bits per heavy atom. The highest BCUT2D eigenvalue weighted by Gasteiger charge is 2.22. The second kappa shape index (κ2) is 11.5. The number of rotatable bonds is 4. The molecule has 0 fully saturated rings. The van der Waals surface area contributed by atoms with E-state index >= 15 is 0 Å². The van der Waals surface area contributed by atoms with Crippen molar-refractivity contribution in [2.45, 2.75) is 0 Å². The molecule has 0 amide bonds. The average Bonchev–Trinajstić information content (AvgIpc) is 3.78. The molecule has 0 saturated heterocycles. The summed E-state index contributed by atoms with van der Waals surface area (Å²) >= 11 is 1.75. The van der Waals surface area contributed by atoms with Crippen LogP contribution in [-0.2, 0) is 0 Å². The van der Waals surface area contributed by atoms with Crippen molar-refractivity contribution in [3.8, 4) is 44.9 Å². The maximum absolute atomic E-state index is 6.88. The summed E-state index contributed by atoms with van der Waals surface area (Å²) < 4.78 is 9.18. The van der Waals surface area contributed by atoms with Crippen LogP contribution < -0.4 is 0 Å². The predicted molar refractivity (Wildman–Crippen MR) is 219 cm³/mol. The third kappa shape index (κ3) is 4.51. The number of hydrogen-bond donors (Lipinski definition) is 0. The average molecular weight is 681 g/mol. The summed E-state index contributed by atoms with van der Waals surface area (Å²) in [5.41, 5.74) is 10.2. The monoisotopic (exact) mass is 680 g/mol. The molecule has 0 unspecified atom stereocenters. The molecule has 0 atom stereocenters. The van der Waals surface area contributed by atoms with E-state index in [1.165, 1.54) is 32.0 Å². The summed E-state index contributed by atoms with van der Waals surface area (Å²) in [6.45, 7) is 0.